The largest absolute Gasteiger partial charge is 0.332 e. The third-order valence-electron chi connectivity index (χ3n) is 3.74. The molecule has 1 aromatic heterocycles. The van der Waals surface area contributed by atoms with Crippen LogP contribution in [-0.2, 0) is 15.6 Å². The number of fused-ring (bicyclic) bond motifs is 1. The highest BCUT2D eigenvalue weighted by molar-refractivity contribution is 7.92. The van der Waals surface area contributed by atoms with Crippen LogP contribution in [0.4, 0.5) is 11.5 Å². The normalized spacial score (nSPS) is 16.4. The van der Waals surface area contributed by atoms with Gasteiger partial charge in [0, 0.05) is 0 Å². The molecule has 132 valence electrons. The smallest absolute Gasteiger partial charge is 0.268 e. The SMILES string of the molecule is CC(C)(C)c1ccccc1N1c2nc(Cl)c(Cl)cc2C(=O)NS1(=O)=O. The first-order chi connectivity index (χ1) is 11.5. The molecule has 2 aromatic rings. The van der Waals surface area contributed by atoms with E-state index in [-0.39, 0.29) is 27.0 Å². The molecule has 2 heterocycles. The Morgan fingerprint density at radius 3 is 2.44 bits per heavy atom. The monoisotopic (exact) mass is 399 g/mol. The van der Waals surface area contributed by atoms with Gasteiger partial charge in [0.1, 0.15) is 5.15 Å². The zero-order valence-electron chi connectivity index (χ0n) is 13.7. The second-order valence-electron chi connectivity index (χ2n) is 6.60. The van der Waals surface area contributed by atoms with Crippen molar-refractivity contribution in [3.05, 3.63) is 51.6 Å². The van der Waals surface area contributed by atoms with Crippen LogP contribution in [0.1, 0.15) is 36.7 Å². The average Bonchev–Trinajstić information content (AvgIpc) is 2.48. The zero-order valence-corrected chi connectivity index (χ0v) is 16.0. The van der Waals surface area contributed by atoms with E-state index in [1.807, 2.05) is 37.6 Å². The van der Waals surface area contributed by atoms with E-state index in [4.69, 9.17) is 23.2 Å². The van der Waals surface area contributed by atoms with Crippen LogP contribution in [-0.4, -0.2) is 19.3 Å². The average molecular weight is 400 g/mol. The molecule has 0 spiro atoms. The van der Waals surface area contributed by atoms with Gasteiger partial charge in [-0.3, -0.25) is 4.79 Å². The molecule has 0 radical (unpaired) electrons. The van der Waals surface area contributed by atoms with Gasteiger partial charge in [0.05, 0.1) is 16.3 Å². The lowest BCUT2D eigenvalue weighted by Crippen LogP contribution is -2.47. The van der Waals surface area contributed by atoms with Crippen molar-refractivity contribution in [1.82, 2.24) is 9.71 Å². The van der Waals surface area contributed by atoms with Crippen LogP contribution in [0.15, 0.2) is 30.3 Å². The minimum Gasteiger partial charge on any atom is -0.268 e. The van der Waals surface area contributed by atoms with Crippen LogP contribution in [0, 0.1) is 0 Å². The number of hydrogen-bond donors (Lipinski definition) is 1. The molecule has 0 saturated carbocycles. The summed E-state index contributed by atoms with van der Waals surface area (Å²) >= 11 is 11.9. The molecule has 0 saturated heterocycles. The third-order valence-corrected chi connectivity index (χ3v) is 5.71. The summed E-state index contributed by atoms with van der Waals surface area (Å²) in [5, 5.41) is -0.0116. The minimum atomic E-state index is -4.18. The Hall–Kier alpha value is -1.83. The molecule has 1 aromatic carbocycles. The van der Waals surface area contributed by atoms with E-state index in [0.717, 1.165) is 9.87 Å². The van der Waals surface area contributed by atoms with Crippen LogP contribution in [0.2, 0.25) is 10.2 Å². The van der Waals surface area contributed by atoms with Crippen LogP contribution in [0.5, 0.6) is 0 Å². The zero-order chi connectivity index (χ0) is 18.6. The maximum atomic E-state index is 12.7. The van der Waals surface area contributed by atoms with E-state index in [9.17, 15) is 13.2 Å². The van der Waals surface area contributed by atoms with Gasteiger partial charge in [0.2, 0.25) is 0 Å². The van der Waals surface area contributed by atoms with E-state index in [1.54, 1.807) is 12.1 Å². The molecule has 9 heteroatoms. The Bertz CT molecular complexity index is 985. The number of pyridine rings is 1. The summed E-state index contributed by atoms with van der Waals surface area (Å²) in [6.07, 6.45) is 0. The van der Waals surface area contributed by atoms with E-state index >= 15 is 0 Å². The summed E-state index contributed by atoms with van der Waals surface area (Å²) < 4.78 is 28.4. The molecule has 1 N–H and O–H groups in total. The molecule has 6 nitrogen and oxygen atoms in total. The van der Waals surface area contributed by atoms with E-state index in [2.05, 4.69) is 4.98 Å². The van der Waals surface area contributed by atoms with Crippen LogP contribution >= 0.6 is 23.2 Å². The maximum Gasteiger partial charge on any atom is 0.332 e. The first kappa shape index (κ1) is 18.0. The lowest BCUT2D eigenvalue weighted by atomic mass is 9.86. The van der Waals surface area contributed by atoms with Crippen molar-refractivity contribution in [2.75, 3.05) is 4.31 Å². The summed E-state index contributed by atoms with van der Waals surface area (Å²) in [5.74, 6) is -0.875. The van der Waals surface area contributed by atoms with Crippen molar-refractivity contribution in [1.29, 1.82) is 0 Å². The van der Waals surface area contributed by atoms with Gasteiger partial charge in [0.25, 0.3) is 5.91 Å². The van der Waals surface area contributed by atoms with Crippen molar-refractivity contribution in [3.63, 3.8) is 0 Å². The Labute approximate surface area is 156 Å². The molecule has 0 fully saturated rings. The molecular weight excluding hydrogens is 385 g/mol. The van der Waals surface area contributed by atoms with Crippen LogP contribution in [0.3, 0.4) is 0 Å². The molecule has 1 aliphatic heterocycles. The maximum absolute atomic E-state index is 12.7. The highest BCUT2D eigenvalue weighted by Gasteiger charge is 2.39. The Morgan fingerprint density at radius 1 is 1.16 bits per heavy atom. The lowest BCUT2D eigenvalue weighted by Gasteiger charge is -2.33. The van der Waals surface area contributed by atoms with Gasteiger partial charge >= 0.3 is 10.2 Å². The number of nitrogens with zero attached hydrogens (tertiary/aromatic N) is 2. The molecule has 0 unspecified atom stereocenters. The summed E-state index contributed by atoms with van der Waals surface area (Å²) in [6.45, 7) is 5.89. The Kier molecular flexibility index (Phi) is 4.21. The molecule has 0 aliphatic carbocycles. The van der Waals surface area contributed by atoms with Gasteiger partial charge in [-0.25, -0.2) is 14.0 Å². The van der Waals surface area contributed by atoms with Crippen molar-refractivity contribution in [3.8, 4) is 0 Å². The third kappa shape index (κ3) is 3.07. The predicted molar refractivity (Wildman–Crippen MR) is 97.9 cm³/mol. The van der Waals surface area contributed by atoms with Crippen LogP contribution < -0.4 is 9.03 Å². The quantitative estimate of drug-likeness (QED) is 0.739. The van der Waals surface area contributed by atoms with Crippen molar-refractivity contribution in [2.24, 2.45) is 0 Å². The molecule has 25 heavy (non-hydrogen) atoms. The summed E-state index contributed by atoms with van der Waals surface area (Å²) in [6, 6.07) is 8.33. The van der Waals surface area contributed by atoms with Gasteiger partial charge in [0.15, 0.2) is 5.82 Å². The van der Waals surface area contributed by atoms with Crippen molar-refractivity contribution < 1.29 is 13.2 Å². The summed E-state index contributed by atoms with van der Waals surface area (Å²) in [7, 11) is -4.18. The second-order valence-corrected chi connectivity index (χ2v) is 8.88. The Morgan fingerprint density at radius 2 is 1.80 bits per heavy atom. The fourth-order valence-corrected chi connectivity index (χ4v) is 4.15. The molecular formula is C16H15Cl2N3O3S. The predicted octanol–water partition coefficient (Wildman–Crippen LogP) is 3.81. The number of anilines is 2. The topological polar surface area (TPSA) is 79.4 Å². The number of benzene rings is 1. The molecule has 3 rings (SSSR count). The first-order valence-electron chi connectivity index (χ1n) is 7.35. The number of amides is 1. The van der Waals surface area contributed by atoms with Gasteiger partial charge < -0.3 is 0 Å². The molecule has 1 amide bonds. The number of rotatable bonds is 1. The Balaban J connectivity index is 2.36. The number of aromatic nitrogens is 1. The van der Waals surface area contributed by atoms with Crippen molar-refractivity contribution in [2.45, 2.75) is 26.2 Å². The first-order valence-corrected chi connectivity index (χ1v) is 9.55. The van der Waals surface area contributed by atoms with Gasteiger partial charge in [-0.05, 0) is 23.1 Å². The van der Waals surface area contributed by atoms with E-state index in [1.165, 1.54) is 6.07 Å². The number of halogens is 2. The number of carbonyl (C=O) groups excluding carboxylic acids is 1. The highest BCUT2D eigenvalue weighted by atomic mass is 35.5. The van der Waals surface area contributed by atoms with Crippen LogP contribution in [0.25, 0.3) is 0 Å². The number of para-hydroxylation sites is 1. The number of carbonyl (C=O) groups is 1. The van der Waals surface area contributed by atoms with Crippen molar-refractivity contribution >= 4 is 50.8 Å². The van der Waals surface area contributed by atoms with Gasteiger partial charge in [-0.15, -0.1) is 0 Å². The molecule has 0 atom stereocenters. The fraction of sp³-hybridized carbons (Fsp3) is 0.250. The number of nitrogens with one attached hydrogen (secondary N) is 1. The highest BCUT2D eigenvalue weighted by Crippen LogP contribution is 2.40. The minimum absolute atomic E-state index is 0.0351. The number of hydrogen-bond acceptors (Lipinski definition) is 4. The van der Waals surface area contributed by atoms with Gasteiger partial charge in [-0.1, -0.05) is 62.2 Å². The standard InChI is InChI=1S/C16H15Cl2N3O3S/c1-16(2,3)10-6-4-5-7-12(10)21-14-9(8-11(17)13(18)19-14)15(22)20-25(21,23)24/h4-8H,1-3H3,(H,20,22). The molecule has 1 aliphatic rings. The summed E-state index contributed by atoms with van der Waals surface area (Å²) in [5.41, 5.74) is 0.854. The second kappa shape index (κ2) is 5.86. The van der Waals surface area contributed by atoms with E-state index in [0.29, 0.717) is 5.69 Å². The fourth-order valence-electron chi connectivity index (χ4n) is 2.64. The lowest BCUT2D eigenvalue weighted by molar-refractivity contribution is 0.0980. The van der Waals surface area contributed by atoms with E-state index < -0.39 is 16.1 Å². The van der Waals surface area contributed by atoms with Gasteiger partial charge in [-0.2, -0.15) is 8.42 Å². The molecule has 0 bridgehead atoms. The summed E-state index contributed by atoms with van der Waals surface area (Å²) in [4.78, 5) is 16.2.